The Hall–Kier alpha value is -3.21. The van der Waals surface area contributed by atoms with Gasteiger partial charge >= 0.3 is 6.09 Å². The fourth-order valence-electron chi connectivity index (χ4n) is 3.77. The lowest BCUT2D eigenvalue weighted by Crippen LogP contribution is -2.32. The van der Waals surface area contributed by atoms with Gasteiger partial charge in [-0.3, -0.25) is 0 Å². The zero-order chi connectivity index (χ0) is 20.7. The van der Waals surface area contributed by atoms with Crippen molar-refractivity contribution in [2.24, 2.45) is 0 Å². The zero-order valence-electron chi connectivity index (χ0n) is 15.7. The monoisotopic (exact) mass is 434 g/mol. The number of hydroxylamine groups is 1. The molecule has 0 radical (unpaired) electrons. The first-order chi connectivity index (χ1) is 14.6. The van der Waals surface area contributed by atoms with E-state index in [0.717, 1.165) is 22.0 Å². The van der Waals surface area contributed by atoms with Gasteiger partial charge in [-0.25, -0.2) is 9.69 Å². The molecule has 1 aliphatic heterocycles. The van der Waals surface area contributed by atoms with E-state index in [4.69, 9.17) is 28.0 Å². The van der Waals surface area contributed by atoms with E-state index in [1.807, 2.05) is 72.8 Å². The average Bonchev–Trinajstić information content (AvgIpc) is 3.13. The lowest BCUT2D eigenvalue weighted by Gasteiger charge is -2.28. The normalized spacial score (nSPS) is 16.2. The zero-order valence-corrected chi connectivity index (χ0v) is 17.2. The maximum absolute atomic E-state index is 13.1. The van der Waals surface area contributed by atoms with Crippen LogP contribution in [0, 0.1) is 0 Å². The van der Waals surface area contributed by atoms with Crippen LogP contribution in [0.2, 0.25) is 10.0 Å². The summed E-state index contributed by atoms with van der Waals surface area (Å²) in [6, 6.07) is 28.8. The van der Waals surface area contributed by atoms with Gasteiger partial charge in [0.25, 0.3) is 0 Å². The van der Waals surface area contributed by atoms with Crippen molar-refractivity contribution in [2.45, 2.75) is 6.17 Å². The topological polar surface area (TPSA) is 32.8 Å². The van der Waals surface area contributed by atoms with Gasteiger partial charge in [-0.1, -0.05) is 83.9 Å². The minimum absolute atomic E-state index is 0.372. The quantitative estimate of drug-likeness (QED) is 0.341. The molecule has 0 bridgehead atoms. The first-order valence-corrected chi connectivity index (χ1v) is 10.2. The van der Waals surface area contributed by atoms with Crippen LogP contribution >= 0.6 is 23.2 Å². The van der Waals surface area contributed by atoms with Gasteiger partial charge in [0, 0.05) is 5.56 Å². The third-order valence-electron chi connectivity index (χ3n) is 5.13. The van der Waals surface area contributed by atoms with Gasteiger partial charge in [0.2, 0.25) is 0 Å². The largest absolute Gasteiger partial charge is 0.440 e. The Morgan fingerprint density at radius 1 is 0.733 bits per heavy atom. The van der Waals surface area contributed by atoms with Crippen LogP contribution in [0.15, 0.2) is 91.0 Å². The minimum atomic E-state index is -0.525. The molecule has 1 amide bonds. The highest BCUT2D eigenvalue weighted by Crippen LogP contribution is 2.42. The average molecular weight is 435 g/mol. The molecule has 1 unspecified atom stereocenters. The van der Waals surface area contributed by atoms with Crippen molar-refractivity contribution in [1.29, 1.82) is 0 Å². The standard InChI is InChI=1S/C24H16Cl2N2O2/c25-21-14-13-18(15-22(21)26)27-23(20-12-6-8-16-7-4-5-11-19(16)20)28(30-24(27)29)17-9-2-1-3-10-17/h1-15,23H. The van der Waals surface area contributed by atoms with E-state index in [1.165, 1.54) is 0 Å². The fraction of sp³-hybridized carbons (Fsp3) is 0.0417. The molecular weight excluding hydrogens is 419 g/mol. The van der Waals surface area contributed by atoms with Crippen LogP contribution in [0.5, 0.6) is 0 Å². The molecule has 30 heavy (non-hydrogen) atoms. The van der Waals surface area contributed by atoms with Crippen LogP contribution in [0.1, 0.15) is 11.7 Å². The van der Waals surface area contributed by atoms with Gasteiger partial charge < -0.3 is 4.84 Å². The summed E-state index contributed by atoms with van der Waals surface area (Å²) in [6.07, 6.45) is -1.02. The Morgan fingerprint density at radius 3 is 2.27 bits per heavy atom. The molecule has 0 N–H and O–H groups in total. The Balaban J connectivity index is 1.73. The highest BCUT2D eigenvalue weighted by molar-refractivity contribution is 6.42. The maximum atomic E-state index is 13.1. The van der Waals surface area contributed by atoms with Gasteiger partial charge in [0.1, 0.15) is 0 Å². The molecule has 1 heterocycles. The summed E-state index contributed by atoms with van der Waals surface area (Å²) in [5.74, 6) is 0. The summed E-state index contributed by atoms with van der Waals surface area (Å²) < 4.78 is 0. The summed E-state index contributed by atoms with van der Waals surface area (Å²) in [4.78, 5) is 20.4. The number of hydrogen-bond donors (Lipinski definition) is 0. The fourth-order valence-corrected chi connectivity index (χ4v) is 4.07. The van der Waals surface area contributed by atoms with E-state index >= 15 is 0 Å². The summed E-state index contributed by atoms with van der Waals surface area (Å²) >= 11 is 12.4. The minimum Gasteiger partial charge on any atom is -0.319 e. The summed E-state index contributed by atoms with van der Waals surface area (Å²) in [6.45, 7) is 0. The molecule has 5 rings (SSSR count). The third-order valence-corrected chi connectivity index (χ3v) is 5.87. The van der Waals surface area contributed by atoms with Crippen molar-refractivity contribution in [3.8, 4) is 0 Å². The molecule has 6 heteroatoms. The molecule has 4 nitrogen and oxygen atoms in total. The van der Waals surface area contributed by atoms with Gasteiger partial charge in [-0.15, -0.1) is 0 Å². The molecule has 1 saturated heterocycles. The van der Waals surface area contributed by atoms with Gasteiger partial charge in [0.05, 0.1) is 21.4 Å². The van der Waals surface area contributed by atoms with Gasteiger partial charge in [0.15, 0.2) is 6.17 Å². The lowest BCUT2D eigenvalue weighted by atomic mass is 10.0. The molecule has 1 aliphatic rings. The smallest absolute Gasteiger partial charge is 0.319 e. The summed E-state index contributed by atoms with van der Waals surface area (Å²) in [7, 11) is 0. The van der Waals surface area contributed by atoms with Crippen molar-refractivity contribution in [2.75, 3.05) is 9.96 Å². The van der Waals surface area contributed by atoms with Crippen LogP contribution in [-0.4, -0.2) is 6.09 Å². The second kappa shape index (κ2) is 7.56. The Kier molecular flexibility index (Phi) is 4.74. The molecule has 0 aromatic heterocycles. The summed E-state index contributed by atoms with van der Waals surface area (Å²) in [5.41, 5.74) is 2.31. The summed E-state index contributed by atoms with van der Waals surface area (Å²) in [5, 5.41) is 4.55. The molecule has 148 valence electrons. The van der Waals surface area contributed by atoms with Crippen LogP contribution < -0.4 is 9.96 Å². The van der Waals surface area contributed by atoms with Crippen molar-refractivity contribution in [1.82, 2.24) is 0 Å². The number of amides is 1. The van der Waals surface area contributed by atoms with E-state index in [2.05, 4.69) is 0 Å². The number of carbonyl (C=O) groups excluding carboxylic acids is 1. The Morgan fingerprint density at radius 2 is 1.47 bits per heavy atom. The molecule has 0 spiro atoms. The number of carbonyl (C=O) groups is 1. The first kappa shape index (κ1) is 18.8. The van der Waals surface area contributed by atoms with Crippen molar-refractivity contribution in [3.63, 3.8) is 0 Å². The van der Waals surface area contributed by atoms with Crippen molar-refractivity contribution < 1.29 is 9.63 Å². The van der Waals surface area contributed by atoms with Crippen LogP contribution in [-0.2, 0) is 4.84 Å². The predicted octanol–water partition coefficient (Wildman–Crippen LogP) is 7.22. The first-order valence-electron chi connectivity index (χ1n) is 9.41. The number of nitrogens with zero attached hydrogens (tertiary/aromatic N) is 2. The molecule has 0 aliphatic carbocycles. The van der Waals surface area contributed by atoms with Crippen LogP contribution in [0.4, 0.5) is 16.2 Å². The third kappa shape index (κ3) is 3.15. The number of fused-ring (bicyclic) bond motifs is 1. The molecule has 4 aromatic carbocycles. The Labute approximate surface area is 183 Å². The van der Waals surface area contributed by atoms with Gasteiger partial charge in [-0.05, 0) is 41.1 Å². The molecular formula is C24H16Cl2N2O2. The molecule has 1 atom stereocenters. The van der Waals surface area contributed by atoms with Crippen molar-refractivity contribution in [3.05, 3.63) is 107 Å². The second-order valence-corrected chi connectivity index (χ2v) is 7.74. The van der Waals surface area contributed by atoms with E-state index in [-0.39, 0.29) is 0 Å². The number of para-hydroxylation sites is 1. The highest BCUT2D eigenvalue weighted by atomic mass is 35.5. The lowest BCUT2D eigenvalue weighted by molar-refractivity contribution is 0.164. The number of anilines is 2. The van der Waals surface area contributed by atoms with E-state index in [0.29, 0.717) is 15.7 Å². The highest BCUT2D eigenvalue weighted by Gasteiger charge is 2.43. The van der Waals surface area contributed by atoms with E-state index < -0.39 is 12.3 Å². The van der Waals surface area contributed by atoms with Crippen LogP contribution in [0.25, 0.3) is 10.8 Å². The van der Waals surface area contributed by atoms with Gasteiger partial charge in [-0.2, -0.15) is 5.06 Å². The number of benzene rings is 4. The molecule has 1 fully saturated rings. The van der Waals surface area contributed by atoms with Crippen molar-refractivity contribution >= 4 is 51.4 Å². The Bertz CT molecular complexity index is 1240. The second-order valence-electron chi connectivity index (χ2n) is 6.93. The van der Waals surface area contributed by atoms with E-state index in [1.54, 1.807) is 28.2 Å². The number of rotatable bonds is 3. The molecule has 0 saturated carbocycles. The molecule has 4 aromatic rings. The van der Waals surface area contributed by atoms with Crippen LogP contribution in [0.3, 0.4) is 0 Å². The number of hydrogen-bond acceptors (Lipinski definition) is 3. The number of halogens is 2. The SMILES string of the molecule is O=C1ON(c2ccccc2)C(c2cccc3ccccc23)N1c1ccc(Cl)c(Cl)c1. The van der Waals surface area contributed by atoms with E-state index in [9.17, 15) is 4.79 Å². The predicted molar refractivity (Wildman–Crippen MR) is 121 cm³/mol. The maximum Gasteiger partial charge on any atom is 0.440 e.